The zero-order valence-electron chi connectivity index (χ0n) is 13.4. The van der Waals surface area contributed by atoms with Crippen molar-refractivity contribution in [3.63, 3.8) is 0 Å². The number of methoxy groups -OCH3 is 1. The fourth-order valence-electron chi connectivity index (χ4n) is 1.93. The van der Waals surface area contributed by atoms with Crippen LogP contribution in [0.25, 0.3) is 6.08 Å². The molecule has 0 aliphatic heterocycles. The van der Waals surface area contributed by atoms with Gasteiger partial charge in [-0.2, -0.15) is 10.5 Å². The first kappa shape index (κ1) is 17.6. The maximum absolute atomic E-state index is 11.8. The van der Waals surface area contributed by atoms with Crippen LogP contribution in [0.5, 0.6) is 17.2 Å². The predicted molar refractivity (Wildman–Crippen MR) is 89.9 cm³/mol. The van der Waals surface area contributed by atoms with E-state index >= 15 is 0 Å². The van der Waals surface area contributed by atoms with E-state index in [0.29, 0.717) is 28.4 Å². The minimum Gasteiger partial charge on any atom is -0.493 e. The first-order chi connectivity index (χ1) is 12.2. The molecule has 2 rings (SSSR count). The molecule has 0 spiro atoms. The smallest absolute Gasteiger partial charge is 0.336 e. The monoisotopic (exact) mass is 334 g/mol. The van der Waals surface area contributed by atoms with Crippen LogP contribution in [0.15, 0.2) is 48.5 Å². The second-order valence-electron chi connectivity index (χ2n) is 4.75. The molecule has 0 saturated carbocycles. The van der Waals surface area contributed by atoms with Gasteiger partial charge in [-0.25, -0.2) is 4.79 Å². The summed E-state index contributed by atoms with van der Waals surface area (Å²) in [5, 5.41) is 17.3. The van der Waals surface area contributed by atoms with Crippen molar-refractivity contribution in [3.05, 3.63) is 59.7 Å². The number of hydrogen-bond acceptors (Lipinski definition) is 6. The highest BCUT2D eigenvalue weighted by molar-refractivity contribution is 5.88. The van der Waals surface area contributed by atoms with Crippen molar-refractivity contribution in [1.82, 2.24) is 0 Å². The van der Waals surface area contributed by atoms with Crippen LogP contribution in [0, 0.1) is 22.7 Å². The lowest BCUT2D eigenvalue weighted by atomic mass is 10.2. The van der Waals surface area contributed by atoms with Crippen molar-refractivity contribution in [2.75, 3.05) is 13.7 Å². The molecule has 0 N–H and O–H groups in total. The van der Waals surface area contributed by atoms with E-state index in [1.807, 2.05) is 12.1 Å². The molecule has 0 aliphatic carbocycles. The fraction of sp³-hybridized carbons (Fsp3) is 0.105. The summed E-state index contributed by atoms with van der Waals surface area (Å²) >= 11 is 0. The first-order valence-corrected chi connectivity index (χ1v) is 7.24. The predicted octanol–water partition coefficient (Wildman–Crippen LogP) is 3.09. The lowest BCUT2D eigenvalue weighted by molar-refractivity contribution is -0.128. The van der Waals surface area contributed by atoms with Gasteiger partial charge in [-0.3, -0.25) is 0 Å². The number of carbonyl (C=O) groups is 1. The summed E-state index contributed by atoms with van der Waals surface area (Å²) in [6, 6.07) is 15.2. The van der Waals surface area contributed by atoms with E-state index in [9.17, 15) is 4.79 Å². The molecule has 2 aromatic carbocycles. The van der Waals surface area contributed by atoms with Gasteiger partial charge < -0.3 is 14.2 Å². The third kappa shape index (κ3) is 5.12. The second-order valence-corrected chi connectivity index (χ2v) is 4.75. The van der Waals surface area contributed by atoms with Gasteiger partial charge in [0.1, 0.15) is 11.8 Å². The molecule has 0 bridgehead atoms. The van der Waals surface area contributed by atoms with Crippen molar-refractivity contribution < 1.29 is 19.0 Å². The SMILES string of the molecule is COc1cc(/C=C/C(=O)Oc2ccc(C#N)cc2)ccc1OCC#N. The van der Waals surface area contributed by atoms with E-state index < -0.39 is 5.97 Å². The van der Waals surface area contributed by atoms with Gasteiger partial charge in [-0.1, -0.05) is 6.07 Å². The molecule has 0 aliphatic rings. The van der Waals surface area contributed by atoms with Gasteiger partial charge in [0.15, 0.2) is 18.1 Å². The van der Waals surface area contributed by atoms with Crippen molar-refractivity contribution in [1.29, 1.82) is 10.5 Å². The third-order valence-electron chi connectivity index (χ3n) is 3.09. The number of ether oxygens (including phenoxy) is 3. The summed E-state index contributed by atoms with van der Waals surface area (Å²) in [6.45, 7) is -0.0809. The molecule has 124 valence electrons. The molecule has 0 saturated heterocycles. The van der Waals surface area contributed by atoms with E-state index in [1.54, 1.807) is 48.5 Å². The number of esters is 1. The molecule has 0 amide bonds. The van der Waals surface area contributed by atoms with Crippen LogP contribution >= 0.6 is 0 Å². The quantitative estimate of drug-likeness (QED) is 0.458. The second kappa shape index (κ2) is 8.76. The lowest BCUT2D eigenvalue weighted by Crippen LogP contribution is -2.03. The number of benzene rings is 2. The summed E-state index contributed by atoms with van der Waals surface area (Å²) in [5.41, 5.74) is 1.19. The molecule has 0 atom stereocenters. The summed E-state index contributed by atoms with van der Waals surface area (Å²) in [6.07, 6.45) is 2.85. The third-order valence-corrected chi connectivity index (χ3v) is 3.09. The molecule has 2 aromatic rings. The van der Waals surface area contributed by atoms with Crippen molar-refractivity contribution in [2.24, 2.45) is 0 Å². The Balaban J connectivity index is 2.03. The normalized spacial score (nSPS) is 9.88. The van der Waals surface area contributed by atoms with E-state index in [0.717, 1.165) is 0 Å². The number of carbonyl (C=O) groups excluding carboxylic acids is 1. The molecule has 0 aromatic heterocycles. The van der Waals surface area contributed by atoms with Gasteiger partial charge in [0.2, 0.25) is 0 Å². The van der Waals surface area contributed by atoms with E-state index in [1.165, 1.54) is 13.2 Å². The molecule has 0 unspecified atom stereocenters. The summed E-state index contributed by atoms with van der Waals surface area (Å²) in [7, 11) is 1.49. The van der Waals surface area contributed by atoms with Gasteiger partial charge in [0, 0.05) is 6.08 Å². The van der Waals surface area contributed by atoms with Gasteiger partial charge in [0.25, 0.3) is 0 Å². The molecule has 25 heavy (non-hydrogen) atoms. The molecular weight excluding hydrogens is 320 g/mol. The van der Waals surface area contributed by atoms with Crippen LogP contribution in [0.4, 0.5) is 0 Å². The van der Waals surface area contributed by atoms with Crippen LogP contribution in [-0.2, 0) is 4.79 Å². The van der Waals surface area contributed by atoms with Crippen molar-refractivity contribution >= 4 is 12.0 Å². The molecule has 0 heterocycles. The van der Waals surface area contributed by atoms with Gasteiger partial charge >= 0.3 is 5.97 Å². The Morgan fingerprint density at radius 2 is 1.88 bits per heavy atom. The minimum absolute atomic E-state index is 0.0809. The van der Waals surface area contributed by atoms with Crippen molar-refractivity contribution in [3.8, 4) is 29.4 Å². The Labute approximate surface area is 145 Å². The fourth-order valence-corrected chi connectivity index (χ4v) is 1.93. The van der Waals surface area contributed by atoms with Crippen LogP contribution in [0.1, 0.15) is 11.1 Å². The molecule has 0 fully saturated rings. The maximum Gasteiger partial charge on any atom is 0.336 e. The first-order valence-electron chi connectivity index (χ1n) is 7.24. The summed E-state index contributed by atoms with van der Waals surface area (Å²) < 4.78 is 15.6. The van der Waals surface area contributed by atoms with E-state index in [-0.39, 0.29) is 6.61 Å². The number of rotatable bonds is 6. The maximum atomic E-state index is 11.8. The summed E-state index contributed by atoms with van der Waals surface area (Å²) in [4.78, 5) is 11.8. The molecule has 6 heteroatoms. The minimum atomic E-state index is -0.548. The number of nitriles is 2. The lowest BCUT2D eigenvalue weighted by Gasteiger charge is -2.08. The average molecular weight is 334 g/mol. The van der Waals surface area contributed by atoms with E-state index in [4.69, 9.17) is 24.7 Å². The van der Waals surface area contributed by atoms with Crippen LogP contribution < -0.4 is 14.2 Å². The largest absolute Gasteiger partial charge is 0.493 e. The van der Waals surface area contributed by atoms with Gasteiger partial charge in [-0.15, -0.1) is 0 Å². The topological polar surface area (TPSA) is 92.3 Å². The van der Waals surface area contributed by atoms with Gasteiger partial charge in [0.05, 0.1) is 18.7 Å². The van der Waals surface area contributed by atoms with Crippen LogP contribution in [0.3, 0.4) is 0 Å². The number of nitrogens with zero attached hydrogens (tertiary/aromatic N) is 2. The average Bonchev–Trinajstić information content (AvgIpc) is 2.65. The number of hydrogen-bond donors (Lipinski definition) is 0. The van der Waals surface area contributed by atoms with E-state index in [2.05, 4.69) is 0 Å². The van der Waals surface area contributed by atoms with Gasteiger partial charge in [-0.05, 0) is 48.0 Å². The van der Waals surface area contributed by atoms with Crippen LogP contribution in [-0.4, -0.2) is 19.7 Å². The zero-order valence-corrected chi connectivity index (χ0v) is 13.4. The molecule has 6 nitrogen and oxygen atoms in total. The Hall–Kier alpha value is -3.77. The highest BCUT2D eigenvalue weighted by Gasteiger charge is 2.05. The Morgan fingerprint density at radius 3 is 2.52 bits per heavy atom. The van der Waals surface area contributed by atoms with Crippen LogP contribution in [0.2, 0.25) is 0 Å². The summed E-state index contributed by atoms with van der Waals surface area (Å²) in [5.74, 6) is 0.708. The Morgan fingerprint density at radius 1 is 1.12 bits per heavy atom. The Kier molecular flexibility index (Phi) is 6.16. The zero-order chi connectivity index (χ0) is 18.1. The highest BCUT2D eigenvalue weighted by atomic mass is 16.5. The van der Waals surface area contributed by atoms with Crippen molar-refractivity contribution in [2.45, 2.75) is 0 Å². The highest BCUT2D eigenvalue weighted by Crippen LogP contribution is 2.28. The Bertz CT molecular complexity index is 858. The molecular formula is C19H14N2O4. The standard InChI is InChI=1S/C19H14N2O4/c1-23-18-12-14(4-8-17(18)24-11-10-20)5-9-19(22)25-16-6-2-15(13-21)3-7-16/h2-9,12H,11H2,1H3/b9-5+. The molecule has 0 radical (unpaired) electrons.